The van der Waals surface area contributed by atoms with Gasteiger partial charge in [-0.2, -0.15) is 8.78 Å². The van der Waals surface area contributed by atoms with Gasteiger partial charge in [0.25, 0.3) is 5.69 Å². The molecule has 1 aromatic rings. The van der Waals surface area contributed by atoms with E-state index in [1.54, 1.807) is 4.90 Å². The van der Waals surface area contributed by atoms with Crippen LogP contribution in [0.4, 0.5) is 20.2 Å². The lowest BCUT2D eigenvalue weighted by Gasteiger charge is -2.39. The van der Waals surface area contributed by atoms with Crippen molar-refractivity contribution in [2.45, 2.75) is 37.3 Å². The third kappa shape index (κ3) is 3.60. The van der Waals surface area contributed by atoms with Crippen molar-refractivity contribution in [2.24, 2.45) is 5.41 Å². The fraction of sp³-hybridized carbons (Fsp3) is 0.571. The monoisotopic (exact) mass is 348 g/mol. The number of rotatable bonds is 4. The third-order valence-electron chi connectivity index (χ3n) is 3.95. The number of halogens is 2. The van der Waals surface area contributed by atoms with Gasteiger partial charge in [-0.1, -0.05) is 13.8 Å². The molecule has 0 radical (unpaired) electrons. The molecule has 23 heavy (non-hydrogen) atoms. The molecule has 1 aromatic carbocycles. The van der Waals surface area contributed by atoms with Crippen LogP contribution in [-0.4, -0.2) is 32.2 Å². The van der Waals surface area contributed by atoms with Crippen LogP contribution in [0.25, 0.3) is 0 Å². The maximum Gasteiger partial charge on any atom is 0.341 e. The van der Waals surface area contributed by atoms with E-state index in [-0.39, 0.29) is 11.1 Å². The molecule has 0 amide bonds. The van der Waals surface area contributed by atoms with Crippen LogP contribution in [0.3, 0.4) is 0 Å². The van der Waals surface area contributed by atoms with E-state index in [2.05, 4.69) is 0 Å². The van der Waals surface area contributed by atoms with E-state index in [1.807, 2.05) is 13.8 Å². The number of alkyl halides is 2. The first-order valence-corrected chi connectivity index (χ1v) is 8.65. The van der Waals surface area contributed by atoms with Crippen LogP contribution in [-0.2, 0) is 9.84 Å². The lowest BCUT2D eigenvalue weighted by atomic mass is 9.84. The van der Waals surface area contributed by atoms with Crippen LogP contribution in [0.15, 0.2) is 23.1 Å². The van der Waals surface area contributed by atoms with Gasteiger partial charge in [-0.05, 0) is 30.4 Å². The summed E-state index contributed by atoms with van der Waals surface area (Å²) in [6.45, 7) is 5.27. The highest BCUT2D eigenvalue weighted by atomic mass is 32.2. The van der Waals surface area contributed by atoms with Gasteiger partial charge >= 0.3 is 5.76 Å². The summed E-state index contributed by atoms with van der Waals surface area (Å²) in [5, 5.41) is 11.3. The molecule has 1 saturated heterocycles. The molecule has 6 nitrogen and oxygen atoms in total. The first kappa shape index (κ1) is 17.6. The lowest BCUT2D eigenvalue weighted by molar-refractivity contribution is -0.384. The molecule has 2 rings (SSSR count). The third-order valence-corrected chi connectivity index (χ3v) is 5.33. The van der Waals surface area contributed by atoms with Gasteiger partial charge < -0.3 is 4.90 Å². The Morgan fingerprint density at radius 1 is 1.35 bits per heavy atom. The van der Waals surface area contributed by atoms with Gasteiger partial charge in [0.15, 0.2) is 0 Å². The number of nitrogens with zero attached hydrogens (tertiary/aromatic N) is 2. The highest BCUT2D eigenvalue weighted by Gasteiger charge is 2.33. The number of hydrogen-bond acceptors (Lipinski definition) is 5. The van der Waals surface area contributed by atoms with Crippen molar-refractivity contribution < 1.29 is 22.1 Å². The Balaban J connectivity index is 2.48. The van der Waals surface area contributed by atoms with Crippen molar-refractivity contribution in [3.05, 3.63) is 28.3 Å². The molecule has 0 bridgehead atoms. The van der Waals surface area contributed by atoms with Crippen LogP contribution in [0.5, 0.6) is 0 Å². The summed E-state index contributed by atoms with van der Waals surface area (Å²) in [5.74, 6) is -3.61. The molecule has 0 atom stereocenters. The molecule has 1 aliphatic rings. The molecule has 128 valence electrons. The zero-order chi connectivity index (χ0) is 17.4. The maximum atomic E-state index is 12.6. The average Bonchev–Trinajstić information content (AvgIpc) is 2.45. The molecular formula is C14H18F2N2O4S. The van der Waals surface area contributed by atoms with E-state index in [9.17, 15) is 27.3 Å². The van der Waals surface area contributed by atoms with Crippen LogP contribution in [0.2, 0.25) is 0 Å². The molecule has 0 N–H and O–H groups in total. The van der Waals surface area contributed by atoms with E-state index < -0.39 is 31.1 Å². The van der Waals surface area contributed by atoms with Crippen LogP contribution in [0.1, 0.15) is 26.7 Å². The van der Waals surface area contributed by atoms with E-state index in [0.29, 0.717) is 13.1 Å². The number of piperidine rings is 1. The lowest BCUT2D eigenvalue weighted by Crippen LogP contribution is -2.40. The molecular weight excluding hydrogens is 330 g/mol. The molecule has 1 aliphatic heterocycles. The minimum absolute atomic E-state index is 0.0279. The molecule has 0 aromatic heterocycles. The molecule has 0 unspecified atom stereocenters. The minimum Gasteiger partial charge on any atom is -0.365 e. The Morgan fingerprint density at radius 3 is 2.52 bits per heavy atom. The Kier molecular flexibility index (Phi) is 4.61. The number of nitro benzene ring substituents is 1. The first-order chi connectivity index (χ1) is 10.5. The Morgan fingerprint density at radius 2 is 2.00 bits per heavy atom. The van der Waals surface area contributed by atoms with Gasteiger partial charge in [-0.3, -0.25) is 10.1 Å². The molecule has 1 heterocycles. The maximum absolute atomic E-state index is 12.6. The molecule has 9 heteroatoms. The molecule has 0 aliphatic carbocycles. The molecule has 1 fully saturated rings. The van der Waals surface area contributed by atoms with Crippen molar-refractivity contribution in [2.75, 3.05) is 18.0 Å². The normalized spacial score (nSPS) is 18.2. The largest absolute Gasteiger partial charge is 0.365 e. The Labute approximate surface area is 133 Å². The van der Waals surface area contributed by atoms with Crippen molar-refractivity contribution in [3.63, 3.8) is 0 Å². The van der Waals surface area contributed by atoms with Crippen molar-refractivity contribution in [1.29, 1.82) is 0 Å². The van der Waals surface area contributed by atoms with E-state index in [1.165, 1.54) is 6.07 Å². The molecule has 0 saturated carbocycles. The summed E-state index contributed by atoms with van der Waals surface area (Å²) in [6, 6.07) is 2.97. The number of anilines is 1. The zero-order valence-corrected chi connectivity index (χ0v) is 13.6. The number of benzene rings is 1. The zero-order valence-electron chi connectivity index (χ0n) is 12.8. The summed E-state index contributed by atoms with van der Waals surface area (Å²) in [6.07, 6.45) is 1.83. The average molecular weight is 348 g/mol. The van der Waals surface area contributed by atoms with Crippen LogP contribution >= 0.6 is 0 Å². The molecule has 0 spiro atoms. The second-order valence-electron chi connectivity index (χ2n) is 6.40. The van der Waals surface area contributed by atoms with Crippen molar-refractivity contribution >= 4 is 21.2 Å². The summed E-state index contributed by atoms with van der Waals surface area (Å²) in [7, 11) is -4.86. The van der Waals surface area contributed by atoms with Gasteiger partial charge in [-0.15, -0.1) is 0 Å². The highest BCUT2D eigenvalue weighted by Crippen LogP contribution is 2.37. The number of nitro groups is 1. The minimum atomic E-state index is -4.86. The van der Waals surface area contributed by atoms with E-state index in [0.717, 1.165) is 25.0 Å². The second kappa shape index (κ2) is 6.03. The van der Waals surface area contributed by atoms with E-state index >= 15 is 0 Å². The highest BCUT2D eigenvalue weighted by molar-refractivity contribution is 7.91. The van der Waals surface area contributed by atoms with Crippen molar-refractivity contribution in [3.8, 4) is 0 Å². The fourth-order valence-electron chi connectivity index (χ4n) is 2.83. The van der Waals surface area contributed by atoms with Crippen LogP contribution in [0, 0.1) is 15.5 Å². The summed E-state index contributed by atoms with van der Waals surface area (Å²) in [5.41, 5.74) is -0.236. The van der Waals surface area contributed by atoms with Gasteiger partial charge in [0.05, 0.1) is 9.82 Å². The predicted molar refractivity (Wildman–Crippen MR) is 81.5 cm³/mol. The topological polar surface area (TPSA) is 80.5 Å². The predicted octanol–water partition coefficient (Wildman–Crippen LogP) is 3.22. The smallest absolute Gasteiger partial charge is 0.341 e. The Bertz CT molecular complexity index is 719. The fourth-order valence-corrected chi connectivity index (χ4v) is 3.56. The van der Waals surface area contributed by atoms with Gasteiger partial charge in [0.1, 0.15) is 5.69 Å². The standard InChI is InChI=1S/C14H18F2N2O4S/c1-14(2)6-3-7-17(9-14)11-5-4-10(8-12(11)18(19)20)23(21,22)13(15)16/h4-5,8,13H,3,6-7,9H2,1-2H3. The van der Waals surface area contributed by atoms with Crippen LogP contribution < -0.4 is 4.90 Å². The van der Waals surface area contributed by atoms with E-state index in [4.69, 9.17) is 0 Å². The second-order valence-corrected chi connectivity index (χ2v) is 8.32. The van der Waals surface area contributed by atoms with Gasteiger partial charge in [0.2, 0.25) is 9.84 Å². The Hall–Kier alpha value is -1.77. The number of hydrogen-bond donors (Lipinski definition) is 0. The SMILES string of the molecule is CC1(C)CCCN(c2ccc(S(=O)(=O)C(F)F)cc2[N+](=O)[O-])C1. The number of sulfone groups is 1. The van der Waals surface area contributed by atoms with Crippen molar-refractivity contribution in [1.82, 2.24) is 0 Å². The quantitative estimate of drug-likeness (QED) is 0.616. The summed E-state index contributed by atoms with van der Waals surface area (Å²) in [4.78, 5) is 11.6. The first-order valence-electron chi connectivity index (χ1n) is 7.10. The summed E-state index contributed by atoms with van der Waals surface area (Å²) >= 11 is 0. The summed E-state index contributed by atoms with van der Waals surface area (Å²) < 4.78 is 48.3. The van der Waals surface area contributed by atoms with Gasteiger partial charge in [0, 0.05) is 19.2 Å². The van der Waals surface area contributed by atoms with Gasteiger partial charge in [-0.25, -0.2) is 8.42 Å².